The molecule has 0 fully saturated rings. The van der Waals surface area contributed by atoms with Crippen LogP contribution < -0.4 is 5.73 Å². The van der Waals surface area contributed by atoms with Gasteiger partial charge in [0.1, 0.15) is 4.21 Å². The first kappa shape index (κ1) is 16.9. The summed E-state index contributed by atoms with van der Waals surface area (Å²) >= 11 is 1.32. The summed E-state index contributed by atoms with van der Waals surface area (Å²) in [5.41, 5.74) is 6.39. The second kappa shape index (κ2) is 6.70. The average Bonchev–Trinajstić information content (AvgIpc) is 2.56. The van der Waals surface area contributed by atoms with Gasteiger partial charge in [-0.2, -0.15) is 0 Å². The van der Waals surface area contributed by atoms with Crippen LogP contribution >= 0.6 is 23.7 Å². The van der Waals surface area contributed by atoms with Crippen molar-refractivity contribution in [2.24, 2.45) is 5.73 Å². The van der Waals surface area contributed by atoms with Gasteiger partial charge in [0.05, 0.1) is 0 Å². The first-order valence-corrected chi connectivity index (χ1v) is 7.38. The lowest BCUT2D eigenvalue weighted by atomic mass is 10.3. The number of aryl methyl sites for hydroxylation is 2. The molecular weight excluding hydrogens is 280 g/mol. The van der Waals surface area contributed by atoms with Crippen LogP contribution in [0.3, 0.4) is 0 Å². The zero-order valence-corrected chi connectivity index (χ0v) is 12.7. The molecule has 2 N–H and O–H groups in total. The standard InChI is InChI=1S/C10H18N2O2S2.ClH/c1-8-7-10(15-9(8)2)16(13,14)12(3)6-4-5-11;/h7H,4-6,11H2,1-3H3;1H. The molecule has 0 spiro atoms. The highest BCUT2D eigenvalue weighted by atomic mass is 35.5. The second-order valence-electron chi connectivity index (χ2n) is 3.77. The molecule has 1 aromatic rings. The van der Waals surface area contributed by atoms with Gasteiger partial charge in [-0.05, 0) is 38.4 Å². The molecule has 0 amide bonds. The molecule has 17 heavy (non-hydrogen) atoms. The summed E-state index contributed by atoms with van der Waals surface area (Å²) in [6.45, 7) is 4.82. The number of sulfonamides is 1. The molecular formula is C10H19ClN2O2S2. The maximum absolute atomic E-state index is 12.1. The number of thiophene rings is 1. The molecule has 1 aromatic heterocycles. The normalized spacial score (nSPS) is 11.6. The average molecular weight is 299 g/mol. The molecule has 0 aliphatic heterocycles. The minimum atomic E-state index is -3.32. The van der Waals surface area contributed by atoms with E-state index >= 15 is 0 Å². The largest absolute Gasteiger partial charge is 0.330 e. The number of nitrogens with two attached hydrogens (primary N) is 1. The van der Waals surface area contributed by atoms with E-state index in [1.165, 1.54) is 15.6 Å². The smallest absolute Gasteiger partial charge is 0.252 e. The van der Waals surface area contributed by atoms with Crippen molar-refractivity contribution in [3.8, 4) is 0 Å². The molecule has 4 nitrogen and oxygen atoms in total. The van der Waals surface area contributed by atoms with Gasteiger partial charge in [-0.15, -0.1) is 23.7 Å². The first-order valence-electron chi connectivity index (χ1n) is 5.13. The van der Waals surface area contributed by atoms with Gasteiger partial charge in [0.15, 0.2) is 0 Å². The third kappa shape index (κ3) is 3.93. The molecule has 7 heteroatoms. The Bertz CT molecular complexity index is 437. The predicted octanol–water partition coefficient (Wildman–Crippen LogP) is 1.76. The molecule has 100 valence electrons. The van der Waals surface area contributed by atoms with Crippen LogP contribution in [0.25, 0.3) is 0 Å². The SMILES string of the molecule is Cc1cc(S(=O)(=O)N(C)CCCN)sc1C.Cl. The highest BCUT2D eigenvalue weighted by Crippen LogP contribution is 2.27. The van der Waals surface area contributed by atoms with Crippen molar-refractivity contribution in [2.75, 3.05) is 20.1 Å². The molecule has 1 heterocycles. The highest BCUT2D eigenvalue weighted by Gasteiger charge is 2.22. The predicted molar refractivity (Wildman–Crippen MR) is 74.5 cm³/mol. The van der Waals surface area contributed by atoms with Crippen LogP contribution in [0.5, 0.6) is 0 Å². The Kier molecular flexibility index (Phi) is 6.65. The number of nitrogens with zero attached hydrogens (tertiary/aromatic N) is 1. The van der Waals surface area contributed by atoms with E-state index in [-0.39, 0.29) is 12.4 Å². The van der Waals surface area contributed by atoms with E-state index in [1.54, 1.807) is 13.1 Å². The van der Waals surface area contributed by atoms with Gasteiger partial charge in [-0.1, -0.05) is 0 Å². The van der Waals surface area contributed by atoms with E-state index in [9.17, 15) is 8.42 Å². The van der Waals surface area contributed by atoms with Gasteiger partial charge in [-0.25, -0.2) is 12.7 Å². The third-order valence-electron chi connectivity index (χ3n) is 2.49. The summed E-state index contributed by atoms with van der Waals surface area (Å²) in [6, 6.07) is 1.73. The van der Waals surface area contributed by atoms with E-state index in [0.717, 1.165) is 10.4 Å². The van der Waals surface area contributed by atoms with Crippen molar-refractivity contribution in [2.45, 2.75) is 24.5 Å². The molecule has 0 bridgehead atoms. The Labute approximate surface area is 113 Å². The molecule has 0 unspecified atom stereocenters. The molecule has 0 saturated heterocycles. The Balaban J connectivity index is 0.00000256. The first-order chi connectivity index (χ1) is 7.39. The summed E-state index contributed by atoms with van der Waals surface area (Å²) in [7, 11) is -1.72. The molecule has 0 saturated carbocycles. The van der Waals surface area contributed by atoms with Crippen molar-refractivity contribution in [1.82, 2.24) is 4.31 Å². The monoisotopic (exact) mass is 298 g/mol. The third-order valence-corrected chi connectivity index (χ3v) is 5.94. The maximum Gasteiger partial charge on any atom is 0.252 e. The summed E-state index contributed by atoms with van der Waals surface area (Å²) in [6.07, 6.45) is 0.680. The maximum atomic E-state index is 12.1. The van der Waals surface area contributed by atoms with Gasteiger partial charge in [-0.3, -0.25) is 0 Å². The van der Waals surface area contributed by atoms with Crippen LogP contribution in [-0.2, 0) is 10.0 Å². The lowest BCUT2D eigenvalue weighted by molar-refractivity contribution is 0.465. The van der Waals surface area contributed by atoms with E-state index in [1.807, 2.05) is 13.8 Å². The zero-order chi connectivity index (χ0) is 12.3. The van der Waals surface area contributed by atoms with E-state index in [0.29, 0.717) is 23.7 Å². The zero-order valence-electron chi connectivity index (χ0n) is 10.3. The Morgan fingerprint density at radius 3 is 2.41 bits per heavy atom. The fraction of sp³-hybridized carbons (Fsp3) is 0.600. The highest BCUT2D eigenvalue weighted by molar-refractivity contribution is 7.91. The number of halogens is 1. The van der Waals surface area contributed by atoms with Crippen LogP contribution in [0.1, 0.15) is 16.9 Å². The number of rotatable bonds is 5. The van der Waals surface area contributed by atoms with E-state index < -0.39 is 10.0 Å². The fourth-order valence-electron chi connectivity index (χ4n) is 1.25. The number of hydrogen-bond donors (Lipinski definition) is 1. The molecule has 1 rings (SSSR count). The van der Waals surface area contributed by atoms with Crippen molar-refractivity contribution >= 4 is 33.8 Å². The van der Waals surface area contributed by atoms with Crippen LogP contribution in [-0.4, -0.2) is 32.9 Å². The minimum absolute atomic E-state index is 0. The Morgan fingerprint density at radius 2 is 2.00 bits per heavy atom. The van der Waals surface area contributed by atoms with Gasteiger partial charge < -0.3 is 5.73 Å². The summed E-state index contributed by atoms with van der Waals surface area (Å²) in [5, 5.41) is 0. The summed E-state index contributed by atoms with van der Waals surface area (Å²) in [4.78, 5) is 1.05. The van der Waals surface area contributed by atoms with Gasteiger partial charge in [0, 0.05) is 18.5 Å². The van der Waals surface area contributed by atoms with Gasteiger partial charge in [0.2, 0.25) is 0 Å². The minimum Gasteiger partial charge on any atom is -0.330 e. The van der Waals surface area contributed by atoms with Crippen molar-refractivity contribution in [3.05, 3.63) is 16.5 Å². The number of hydrogen-bond acceptors (Lipinski definition) is 4. The topological polar surface area (TPSA) is 63.4 Å². The van der Waals surface area contributed by atoms with Crippen molar-refractivity contribution in [1.29, 1.82) is 0 Å². The van der Waals surface area contributed by atoms with Crippen LogP contribution in [0.4, 0.5) is 0 Å². The van der Waals surface area contributed by atoms with Crippen LogP contribution in [0.2, 0.25) is 0 Å². The van der Waals surface area contributed by atoms with Gasteiger partial charge >= 0.3 is 0 Å². The van der Waals surface area contributed by atoms with Crippen LogP contribution in [0, 0.1) is 13.8 Å². The summed E-state index contributed by atoms with van der Waals surface area (Å²) < 4.78 is 26.0. The quantitative estimate of drug-likeness (QED) is 0.901. The van der Waals surface area contributed by atoms with E-state index in [4.69, 9.17) is 5.73 Å². The molecule has 0 aromatic carbocycles. The lowest BCUT2D eigenvalue weighted by Crippen LogP contribution is -2.28. The molecule has 0 radical (unpaired) electrons. The lowest BCUT2D eigenvalue weighted by Gasteiger charge is -2.15. The van der Waals surface area contributed by atoms with Crippen LogP contribution in [0.15, 0.2) is 10.3 Å². The van der Waals surface area contributed by atoms with Gasteiger partial charge in [0.25, 0.3) is 10.0 Å². The van der Waals surface area contributed by atoms with Crippen molar-refractivity contribution < 1.29 is 8.42 Å². The fourth-order valence-corrected chi connectivity index (χ4v) is 4.19. The second-order valence-corrected chi connectivity index (χ2v) is 7.30. The molecule has 0 aliphatic rings. The van der Waals surface area contributed by atoms with E-state index in [2.05, 4.69) is 0 Å². The van der Waals surface area contributed by atoms with Crippen molar-refractivity contribution in [3.63, 3.8) is 0 Å². The molecule has 0 atom stereocenters. The Hall–Kier alpha value is -0.140. The Morgan fingerprint density at radius 1 is 1.41 bits per heavy atom. The molecule has 0 aliphatic carbocycles. The summed E-state index contributed by atoms with van der Waals surface area (Å²) in [5.74, 6) is 0.